The fourth-order valence-corrected chi connectivity index (χ4v) is 3.89. The molecule has 0 aliphatic rings. The number of amides is 1. The number of hydrogen-bond acceptors (Lipinski definition) is 5. The van der Waals surface area contributed by atoms with Gasteiger partial charge in [0.25, 0.3) is 5.91 Å². The first kappa shape index (κ1) is 16.8. The predicted molar refractivity (Wildman–Crippen MR) is 102 cm³/mol. The van der Waals surface area contributed by atoms with E-state index in [9.17, 15) is 9.18 Å². The molecule has 3 aromatic heterocycles. The first-order valence-electron chi connectivity index (χ1n) is 7.52. The Labute approximate surface area is 159 Å². The van der Waals surface area contributed by atoms with Crippen molar-refractivity contribution >= 4 is 48.5 Å². The molecule has 6 nitrogen and oxygen atoms in total. The lowest BCUT2D eigenvalue weighted by molar-refractivity contribution is 0.102. The smallest absolute Gasteiger partial charge is 0.261 e. The Morgan fingerprint density at radius 1 is 1.38 bits per heavy atom. The van der Waals surface area contributed by atoms with Crippen molar-refractivity contribution in [3.8, 4) is 11.3 Å². The minimum Gasteiger partial charge on any atom is -0.298 e. The maximum atomic E-state index is 13.6. The number of aromatic nitrogens is 4. The van der Waals surface area contributed by atoms with Crippen molar-refractivity contribution in [2.75, 3.05) is 5.32 Å². The Kier molecular flexibility index (Phi) is 4.25. The van der Waals surface area contributed by atoms with Crippen LogP contribution in [0.25, 0.3) is 21.5 Å². The Hall–Kier alpha value is -2.65. The number of rotatable bonds is 3. The molecule has 3 heterocycles. The second-order valence-electron chi connectivity index (χ2n) is 5.51. The molecule has 0 saturated carbocycles. The van der Waals surface area contributed by atoms with Crippen molar-refractivity contribution in [2.24, 2.45) is 7.05 Å². The number of aryl methyl sites for hydroxylation is 1. The highest BCUT2D eigenvalue weighted by Gasteiger charge is 2.19. The van der Waals surface area contributed by atoms with E-state index < -0.39 is 5.82 Å². The monoisotopic (exact) mass is 431 g/mol. The summed E-state index contributed by atoms with van der Waals surface area (Å²) in [5, 5.41) is 7.51. The summed E-state index contributed by atoms with van der Waals surface area (Å²) in [6.07, 6.45) is 4.95. The number of carbonyl (C=O) groups is 1. The summed E-state index contributed by atoms with van der Waals surface area (Å²) in [5.41, 5.74) is 2.18. The van der Waals surface area contributed by atoms with Crippen molar-refractivity contribution in [3.05, 3.63) is 58.7 Å². The molecule has 130 valence electrons. The van der Waals surface area contributed by atoms with E-state index in [0.717, 1.165) is 10.3 Å². The molecule has 0 unspecified atom stereocenters. The number of thiazole rings is 1. The second-order valence-corrected chi connectivity index (χ2v) is 7.40. The highest BCUT2D eigenvalue weighted by atomic mass is 79.9. The molecule has 0 aliphatic heterocycles. The predicted octanol–water partition coefficient (Wildman–Crippen LogP) is 4.25. The van der Waals surface area contributed by atoms with Crippen molar-refractivity contribution in [2.45, 2.75) is 0 Å². The number of anilines is 1. The lowest BCUT2D eigenvalue weighted by atomic mass is 10.1. The number of nitrogens with one attached hydrogen (secondary N) is 1. The molecule has 4 rings (SSSR count). The molecule has 0 saturated heterocycles. The normalized spacial score (nSPS) is 11.0. The number of carbonyl (C=O) groups excluding carboxylic acids is 1. The lowest BCUT2D eigenvalue weighted by Gasteiger charge is -2.02. The van der Waals surface area contributed by atoms with Crippen LogP contribution in [0.4, 0.5) is 9.52 Å². The van der Waals surface area contributed by atoms with Gasteiger partial charge in [0.2, 0.25) is 0 Å². The number of fused-ring (bicyclic) bond motifs is 1. The van der Waals surface area contributed by atoms with Gasteiger partial charge in [-0.2, -0.15) is 5.10 Å². The standard InChI is InChI=1S/C17H11BrFN5OS/c1-24-8-10(15(23-24)9-3-2-4-20-7-9)16(25)22-17-21-13-6-12(19)11(18)5-14(13)26-17/h2-8H,1H3,(H,21,22,25). The minimum absolute atomic E-state index is 0.337. The number of halogens is 2. The Balaban J connectivity index is 1.67. The summed E-state index contributed by atoms with van der Waals surface area (Å²) in [7, 11) is 1.74. The largest absolute Gasteiger partial charge is 0.298 e. The van der Waals surface area contributed by atoms with Crippen LogP contribution < -0.4 is 5.32 Å². The summed E-state index contributed by atoms with van der Waals surface area (Å²) in [6, 6.07) is 6.59. The Morgan fingerprint density at radius 2 is 2.23 bits per heavy atom. The molecule has 9 heteroatoms. The highest BCUT2D eigenvalue weighted by molar-refractivity contribution is 9.10. The number of hydrogen-bond donors (Lipinski definition) is 1. The molecular formula is C17H11BrFN5OS. The van der Waals surface area contributed by atoms with Crippen LogP contribution in [0.2, 0.25) is 0 Å². The van der Waals surface area contributed by atoms with Gasteiger partial charge in [0.15, 0.2) is 5.13 Å². The van der Waals surface area contributed by atoms with Crippen LogP contribution in [0.5, 0.6) is 0 Å². The molecule has 1 aromatic carbocycles. The highest BCUT2D eigenvalue weighted by Crippen LogP contribution is 2.31. The van der Waals surface area contributed by atoms with Gasteiger partial charge in [-0.15, -0.1) is 0 Å². The van der Waals surface area contributed by atoms with E-state index in [2.05, 4.69) is 36.3 Å². The van der Waals surface area contributed by atoms with E-state index in [0.29, 0.717) is 26.4 Å². The van der Waals surface area contributed by atoms with Gasteiger partial charge in [0.1, 0.15) is 11.5 Å². The maximum Gasteiger partial charge on any atom is 0.261 e. The first-order chi connectivity index (χ1) is 12.5. The van der Waals surface area contributed by atoms with E-state index in [-0.39, 0.29) is 5.91 Å². The molecule has 0 radical (unpaired) electrons. The van der Waals surface area contributed by atoms with Gasteiger partial charge in [0, 0.05) is 37.3 Å². The van der Waals surface area contributed by atoms with E-state index in [1.807, 2.05) is 6.07 Å². The molecule has 4 aromatic rings. The van der Waals surface area contributed by atoms with E-state index in [4.69, 9.17) is 0 Å². The van der Waals surface area contributed by atoms with E-state index in [1.54, 1.807) is 42.5 Å². The lowest BCUT2D eigenvalue weighted by Crippen LogP contribution is -2.12. The van der Waals surface area contributed by atoms with Gasteiger partial charge in [-0.3, -0.25) is 19.8 Å². The average Bonchev–Trinajstić information content (AvgIpc) is 3.19. The van der Waals surface area contributed by atoms with Crippen LogP contribution >= 0.6 is 27.3 Å². The zero-order valence-corrected chi connectivity index (χ0v) is 15.8. The van der Waals surface area contributed by atoms with E-state index >= 15 is 0 Å². The molecular weight excluding hydrogens is 421 g/mol. The summed E-state index contributed by atoms with van der Waals surface area (Å²) in [5.74, 6) is -0.734. The second kappa shape index (κ2) is 6.58. The minimum atomic E-state index is -0.396. The molecule has 26 heavy (non-hydrogen) atoms. The Bertz CT molecular complexity index is 1090. The molecule has 0 spiro atoms. The zero-order valence-electron chi connectivity index (χ0n) is 13.4. The number of nitrogens with zero attached hydrogens (tertiary/aromatic N) is 4. The third-order valence-corrected chi connectivity index (χ3v) is 5.20. The van der Waals surface area contributed by atoms with Gasteiger partial charge >= 0.3 is 0 Å². The Morgan fingerprint density at radius 3 is 3.00 bits per heavy atom. The maximum absolute atomic E-state index is 13.6. The average molecular weight is 432 g/mol. The van der Waals surface area contributed by atoms with Gasteiger partial charge in [0.05, 0.1) is 20.3 Å². The SMILES string of the molecule is Cn1cc(C(=O)Nc2nc3cc(F)c(Br)cc3s2)c(-c2cccnc2)n1. The van der Waals surface area contributed by atoms with Crippen LogP contribution in [0, 0.1) is 5.82 Å². The third-order valence-electron chi connectivity index (χ3n) is 3.66. The van der Waals surface area contributed by atoms with Crippen LogP contribution in [0.15, 0.2) is 47.3 Å². The van der Waals surface area contributed by atoms with Gasteiger partial charge in [-0.25, -0.2) is 9.37 Å². The van der Waals surface area contributed by atoms with Crippen molar-refractivity contribution in [1.29, 1.82) is 0 Å². The van der Waals surface area contributed by atoms with Crippen LogP contribution in [-0.4, -0.2) is 25.7 Å². The van der Waals surface area contributed by atoms with Crippen LogP contribution in [-0.2, 0) is 7.05 Å². The van der Waals surface area contributed by atoms with Crippen molar-refractivity contribution in [3.63, 3.8) is 0 Å². The van der Waals surface area contributed by atoms with Gasteiger partial charge in [-0.1, -0.05) is 11.3 Å². The first-order valence-corrected chi connectivity index (χ1v) is 9.13. The molecule has 0 fully saturated rings. The molecule has 0 aliphatic carbocycles. The summed E-state index contributed by atoms with van der Waals surface area (Å²) < 4.78 is 16.3. The van der Waals surface area contributed by atoms with Crippen molar-refractivity contribution in [1.82, 2.24) is 19.7 Å². The molecule has 1 N–H and O–H groups in total. The summed E-state index contributed by atoms with van der Waals surface area (Å²) in [6.45, 7) is 0. The quantitative estimate of drug-likeness (QED) is 0.526. The van der Waals surface area contributed by atoms with Gasteiger partial charge in [-0.05, 0) is 34.1 Å². The van der Waals surface area contributed by atoms with Crippen LogP contribution in [0.1, 0.15) is 10.4 Å². The van der Waals surface area contributed by atoms with Gasteiger partial charge < -0.3 is 0 Å². The van der Waals surface area contributed by atoms with Crippen molar-refractivity contribution < 1.29 is 9.18 Å². The molecule has 0 bridgehead atoms. The van der Waals surface area contributed by atoms with Crippen LogP contribution in [0.3, 0.4) is 0 Å². The summed E-state index contributed by atoms with van der Waals surface area (Å²) >= 11 is 4.42. The topological polar surface area (TPSA) is 72.7 Å². The summed E-state index contributed by atoms with van der Waals surface area (Å²) in [4.78, 5) is 21.1. The number of pyridine rings is 1. The molecule has 0 atom stereocenters. The molecule has 1 amide bonds. The fraction of sp³-hybridized carbons (Fsp3) is 0.0588. The zero-order chi connectivity index (χ0) is 18.3. The fourth-order valence-electron chi connectivity index (χ4n) is 2.51. The third kappa shape index (κ3) is 3.11. The van der Waals surface area contributed by atoms with E-state index in [1.165, 1.54) is 17.4 Å². The number of benzene rings is 1.